The van der Waals surface area contributed by atoms with E-state index in [-0.39, 0.29) is 50.6 Å². The molecule has 0 aromatic carbocycles. The third-order valence-corrected chi connectivity index (χ3v) is 4.70. The van der Waals surface area contributed by atoms with Crippen LogP contribution >= 0.6 is 0 Å². The van der Waals surface area contributed by atoms with Crippen LogP contribution in [0.4, 0.5) is 0 Å². The molecule has 0 aliphatic rings. The van der Waals surface area contributed by atoms with Crippen molar-refractivity contribution in [3.8, 4) is 0 Å². The van der Waals surface area contributed by atoms with Crippen LogP contribution in [0.5, 0.6) is 0 Å². The smallest absolute Gasteiger partial charge is 0.549 e. The second-order valence-corrected chi connectivity index (χ2v) is 6.69. The number of carboxylic acid groups (broad SMARTS) is 2. The summed E-state index contributed by atoms with van der Waals surface area (Å²) in [6.07, 6.45) is 12.2. The van der Waals surface area contributed by atoms with E-state index in [9.17, 15) is 19.8 Å². The molecule has 5 heteroatoms. The van der Waals surface area contributed by atoms with Gasteiger partial charge in [0.1, 0.15) is 0 Å². The van der Waals surface area contributed by atoms with Crippen molar-refractivity contribution < 1.29 is 19.8 Å². The molecule has 0 aromatic rings. The summed E-state index contributed by atoms with van der Waals surface area (Å²) in [4.78, 5) is 22.9. The molecule has 136 valence electrons. The molecular weight excluding hydrogens is 332 g/mol. The molecule has 24 heavy (non-hydrogen) atoms. The van der Waals surface area contributed by atoms with E-state index in [1.54, 1.807) is 0 Å². The Kier molecular flexibility index (Phi) is 18.3. The zero-order chi connectivity index (χ0) is 17.6. The van der Waals surface area contributed by atoms with E-state index < -0.39 is 17.4 Å². The van der Waals surface area contributed by atoms with Crippen molar-refractivity contribution in [2.75, 3.05) is 0 Å². The quantitative estimate of drug-likeness (QED) is 0.239. The van der Waals surface area contributed by atoms with Gasteiger partial charge in [0.05, 0.1) is 11.9 Å². The molecule has 0 aromatic heterocycles. The van der Waals surface area contributed by atoms with Crippen LogP contribution in [0, 0.1) is 5.41 Å². The standard InChI is InChI=1S/C19H36O4.Ca/c1-3-5-7-9-11-13-15-19(17(20)21,18(22)23)16-14-12-10-8-6-4-2;/h3-16H2,1-2H3,(H,20,21)(H,22,23);/q;+2/p-2. The van der Waals surface area contributed by atoms with Gasteiger partial charge in [-0.05, 0) is 12.8 Å². The average Bonchev–Trinajstić information content (AvgIpc) is 2.51. The molecule has 0 amide bonds. The molecule has 0 atom stereocenters. The second-order valence-electron chi connectivity index (χ2n) is 6.69. The predicted octanol–water partition coefficient (Wildman–Crippen LogP) is 2.59. The van der Waals surface area contributed by atoms with Crippen LogP contribution < -0.4 is 10.2 Å². The van der Waals surface area contributed by atoms with Crippen molar-refractivity contribution in [3.63, 3.8) is 0 Å². The number of rotatable bonds is 16. The normalized spacial score (nSPS) is 11.1. The van der Waals surface area contributed by atoms with Crippen LogP contribution in [-0.4, -0.2) is 49.7 Å². The minimum atomic E-state index is -1.80. The third kappa shape index (κ3) is 10.9. The number of aliphatic carboxylic acids is 2. The summed E-state index contributed by atoms with van der Waals surface area (Å²) in [7, 11) is 0. The molecule has 0 bridgehead atoms. The van der Waals surface area contributed by atoms with Gasteiger partial charge in [-0.25, -0.2) is 0 Å². The van der Waals surface area contributed by atoms with Crippen molar-refractivity contribution >= 4 is 49.7 Å². The van der Waals surface area contributed by atoms with Crippen LogP contribution in [-0.2, 0) is 9.59 Å². The van der Waals surface area contributed by atoms with E-state index in [1.165, 1.54) is 12.8 Å². The molecule has 0 N–H and O–H groups in total. The fraction of sp³-hybridized carbons (Fsp3) is 0.895. The van der Waals surface area contributed by atoms with Gasteiger partial charge in [0.25, 0.3) is 0 Å². The van der Waals surface area contributed by atoms with Crippen molar-refractivity contribution in [1.29, 1.82) is 0 Å². The molecule has 0 saturated carbocycles. The van der Waals surface area contributed by atoms with Crippen LogP contribution in [0.15, 0.2) is 0 Å². The molecule has 0 spiro atoms. The van der Waals surface area contributed by atoms with Gasteiger partial charge in [0.2, 0.25) is 0 Å². The van der Waals surface area contributed by atoms with Crippen molar-refractivity contribution in [3.05, 3.63) is 0 Å². The van der Waals surface area contributed by atoms with Gasteiger partial charge >= 0.3 is 37.7 Å². The summed E-state index contributed by atoms with van der Waals surface area (Å²) >= 11 is 0. The topological polar surface area (TPSA) is 80.3 Å². The third-order valence-electron chi connectivity index (χ3n) is 4.70. The van der Waals surface area contributed by atoms with E-state index in [1.807, 2.05) is 0 Å². The average molecular weight is 367 g/mol. The number of hydrogen-bond acceptors (Lipinski definition) is 4. The first-order chi connectivity index (χ1) is 11.0. The van der Waals surface area contributed by atoms with Gasteiger partial charge in [-0.3, -0.25) is 0 Å². The molecule has 0 aliphatic heterocycles. The molecule has 0 fully saturated rings. The summed E-state index contributed by atoms with van der Waals surface area (Å²) in [6, 6.07) is 0. The maximum Gasteiger partial charge on any atom is 2.00 e. The number of carbonyl (C=O) groups excluding carboxylic acids is 2. The number of unbranched alkanes of at least 4 members (excludes halogenated alkanes) is 10. The number of carbonyl (C=O) groups is 2. The maximum absolute atomic E-state index is 11.5. The van der Waals surface area contributed by atoms with E-state index in [4.69, 9.17) is 0 Å². The van der Waals surface area contributed by atoms with E-state index in [0.29, 0.717) is 12.8 Å². The van der Waals surface area contributed by atoms with Crippen molar-refractivity contribution in [2.24, 2.45) is 5.41 Å². The van der Waals surface area contributed by atoms with Gasteiger partial charge in [-0.1, -0.05) is 90.9 Å². The summed E-state index contributed by atoms with van der Waals surface area (Å²) in [5, 5.41) is 22.9. The Morgan fingerprint density at radius 2 is 0.917 bits per heavy atom. The molecule has 0 radical (unpaired) electrons. The zero-order valence-electron chi connectivity index (χ0n) is 15.7. The van der Waals surface area contributed by atoms with E-state index in [0.717, 1.165) is 51.4 Å². The largest absolute Gasteiger partial charge is 2.00 e. The van der Waals surface area contributed by atoms with Crippen LogP contribution in [0.3, 0.4) is 0 Å². The SMILES string of the molecule is CCCCCCCCC(CCCCCCCC)(C(=O)[O-])C(=O)[O-].[Ca+2]. The van der Waals surface area contributed by atoms with Crippen molar-refractivity contribution in [2.45, 2.75) is 104 Å². The Balaban J connectivity index is 0. The molecule has 0 unspecified atom stereocenters. The van der Waals surface area contributed by atoms with Crippen LogP contribution in [0.25, 0.3) is 0 Å². The van der Waals surface area contributed by atoms with Gasteiger partial charge in [0, 0.05) is 5.41 Å². The minimum absolute atomic E-state index is 0. The molecule has 0 rings (SSSR count). The van der Waals surface area contributed by atoms with Gasteiger partial charge in [0.15, 0.2) is 0 Å². The Hall–Kier alpha value is 0.200. The molecular formula is C19H34CaO4. The van der Waals surface area contributed by atoms with Gasteiger partial charge < -0.3 is 19.8 Å². The molecule has 0 saturated heterocycles. The van der Waals surface area contributed by atoms with Crippen LogP contribution in [0.2, 0.25) is 0 Å². The summed E-state index contributed by atoms with van der Waals surface area (Å²) in [5.41, 5.74) is -1.80. The molecule has 0 aliphatic carbocycles. The van der Waals surface area contributed by atoms with Crippen molar-refractivity contribution in [1.82, 2.24) is 0 Å². The summed E-state index contributed by atoms with van der Waals surface area (Å²) < 4.78 is 0. The second kappa shape index (κ2) is 16.7. The number of hydrogen-bond donors (Lipinski definition) is 0. The maximum atomic E-state index is 11.5. The Morgan fingerprint density at radius 1 is 0.625 bits per heavy atom. The minimum Gasteiger partial charge on any atom is -0.549 e. The first-order valence-corrected chi connectivity index (χ1v) is 9.44. The first-order valence-electron chi connectivity index (χ1n) is 9.44. The Bertz CT molecular complexity index is 299. The van der Waals surface area contributed by atoms with Crippen LogP contribution in [0.1, 0.15) is 104 Å². The predicted molar refractivity (Wildman–Crippen MR) is 94.2 cm³/mol. The zero-order valence-corrected chi connectivity index (χ0v) is 17.9. The fourth-order valence-corrected chi connectivity index (χ4v) is 3.03. The Morgan fingerprint density at radius 3 is 1.21 bits per heavy atom. The van der Waals surface area contributed by atoms with E-state index >= 15 is 0 Å². The summed E-state index contributed by atoms with van der Waals surface area (Å²) in [6.45, 7) is 4.27. The molecule has 4 nitrogen and oxygen atoms in total. The first kappa shape index (κ1) is 26.4. The number of carboxylic acids is 2. The Labute approximate surface area is 177 Å². The monoisotopic (exact) mass is 366 g/mol. The van der Waals surface area contributed by atoms with Gasteiger partial charge in [-0.2, -0.15) is 0 Å². The van der Waals surface area contributed by atoms with E-state index in [2.05, 4.69) is 13.8 Å². The molecule has 0 heterocycles. The fourth-order valence-electron chi connectivity index (χ4n) is 3.03. The van der Waals surface area contributed by atoms with Gasteiger partial charge in [-0.15, -0.1) is 0 Å². The summed E-state index contributed by atoms with van der Waals surface area (Å²) in [5.74, 6) is -2.95.